The molecule has 0 atom stereocenters. The number of benzene rings is 1. The van der Waals surface area contributed by atoms with Gasteiger partial charge in [-0.05, 0) is 30.5 Å². The van der Waals surface area contributed by atoms with Gasteiger partial charge in [-0.2, -0.15) is 0 Å². The summed E-state index contributed by atoms with van der Waals surface area (Å²) in [5, 5.41) is 17.5. The van der Waals surface area contributed by atoms with E-state index in [1.165, 1.54) is 17.3 Å². The Bertz CT molecular complexity index is 623. The Kier molecular flexibility index (Phi) is 4.44. The molecule has 106 valence electrons. The van der Waals surface area contributed by atoms with E-state index in [2.05, 4.69) is 36.2 Å². The smallest absolute Gasteiger partial charge is 0.313 e. The predicted molar refractivity (Wildman–Crippen MR) is 78.5 cm³/mol. The summed E-state index contributed by atoms with van der Waals surface area (Å²) in [5.74, 6) is 0.293. The summed E-state index contributed by atoms with van der Waals surface area (Å²) in [5.41, 5.74) is 2.19. The number of thioether (sulfide) groups is 1. The SMILES string of the molecule is Cc1nnc(SCC(=O)O)n1-c1cccc(C(C)C)c1. The fourth-order valence-corrected chi connectivity index (χ4v) is 2.60. The minimum absolute atomic E-state index is 0.0258. The molecule has 0 fully saturated rings. The molecular weight excluding hydrogens is 274 g/mol. The number of nitrogens with zero attached hydrogens (tertiary/aromatic N) is 3. The number of carbonyl (C=O) groups is 1. The van der Waals surface area contributed by atoms with Crippen molar-refractivity contribution in [3.05, 3.63) is 35.7 Å². The highest BCUT2D eigenvalue weighted by molar-refractivity contribution is 7.99. The molecule has 0 radical (unpaired) electrons. The van der Waals surface area contributed by atoms with Gasteiger partial charge in [-0.3, -0.25) is 9.36 Å². The number of rotatable bonds is 5. The van der Waals surface area contributed by atoms with E-state index >= 15 is 0 Å². The highest BCUT2D eigenvalue weighted by atomic mass is 32.2. The number of aryl methyl sites for hydroxylation is 1. The molecule has 0 spiro atoms. The number of aromatic nitrogens is 3. The third-order valence-electron chi connectivity index (χ3n) is 2.91. The van der Waals surface area contributed by atoms with Crippen LogP contribution < -0.4 is 0 Å². The molecule has 1 aromatic heterocycles. The van der Waals surface area contributed by atoms with Gasteiger partial charge in [0.15, 0.2) is 5.16 Å². The Balaban J connectivity index is 2.38. The Labute approximate surface area is 122 Å². The highest BCUT2D eigenvalue weighted by Crippen LogP contribution is 2.24. The molecule has 2 rings (SSSR count). The molecular formula is C14H17N3O2S. The summed E-state index contributed by atoms with van der Waals surface area (Å²) in [6.07, 6.45) is 0. The average Bonchev–Trinajstić information content (AvgIpc) is 2.77. The van der Waals surface area contributed by atoms with Crippen molar-refractivity contribution in [3.8, 4) is 5.69 Å². The minimum Gasteiger partial charge on any atom is -0.481 e. The molecule has 1 heterocycles. The van der Waals surface area contributed by atoms with Crippen molar-refractivity contribution in [1.82, 2.24) is 14.8 Å². The second-order valence-electron chi connectivity index (χ2n) is 4.80. The molecule has 2 aromatic rings. The molecule has 1 aromatic carbocycles. The van der Waals surface area contributed by atoms with Crippen LogP contribution in [0.5, 0.6) is 0 Å². The lowest BCUT2D eigenvalue weighted by atomic mass is 10.0. The van der Waals surface area contributed by atoms with Gasteiger partial charge in [0.25, 0.3) is 0 Å². The van der Waals surface area contributed by atoms with Crippen LogP contribution in [-0.2, 0) is 4.79 Å². The first-order valence-corrected chi connectivity index (χ1v) is 7.34. The van der Waals surface area contributed by atoms with Gasteiger partial charge in [0, 0.05) is 5.69 Å². The zero-order chi connectivity index (χ0) is 14.7. The van der Waals surface area contributed by atoms with Crippen molar-refractivity contribution in [2.75, 3.05) is 5.75 Å². The fourth-order valence-electron chi connectivity index (χ4n) is 1.88. The normalized spacial score (nSPS) is 11.0. The topological polar surface area (TPSA) is 68.0 Å². The fraction of sp³-hybridized carbons (Fsp3) is 0.357. The van der Waals surface area contributed by atoms with E-state index in [4.69, 9.17) is 5.11 Å². The number of hydrogen-bond donors (Lipinski definition) is 1. The van der Waals surface area contributed by atoms with Crippen LogP contribution in [0, 0.1) is 6.92 Å². The number of hydrogen-bond acceptors (Lipinski definition) is 4. The maximum atomic E-state index is 10.7. The molecule has 0 saturated carbocycles. The Morgan fingerprint density at radius 3 is 2.80 bits per heavy atom. The van der Waals surface area contributed by atoms with Gasteiger partial charge < -0.3 is 5.11 Å². The molecule has 0 amide bonds. The summed E-state index contributed by atoms with van der Waals surface area (Å²) in [6.45, 7) is 6.14. The maximum absolute atomic E-state index is 10.7. The summed E-state index contributed by atoms with van der Waals surface area (Å²) < 4.78 is 1.89. The monoisotopic (exact) mass is 291 g/mol. The average molecular weight is 291 g/mol. The molecule has 0 saturated heterocycles. The molecule has 0 aliphatic heterocycles. The van der Waals surface area contributed by atoms with E-state index in [1.54, 1.807) is 0 Å². The first-order valence-electron chi connectivity index (χ1n) is 6.36. The largest absolute Gasteiger partial charge is 0.481 e. The lowest BCUT2D eigenvalue weighted by Gasteiger charge is -2.11. The standard InChI is InChI=1S/C14H17N3O2S/c1-9(2)11-5-4-6-12(7-11)17-10(3)15-16-14(17)20-8-13(18)19/h4-7,9H,8H2,1-3H3,(H,18,19). The van der Waals surface area contributed by atoms with Gasteiger partial charge in [0.05, 0.1) is 5.75 Å². The molecule has 1 N–H and O–H groups in total. The zero-order valence-corrected chi connectivity index (χ0v) is 12.5. The molecule has 0 aliphatic carbocycles. The van der Waals surface area contributed by atoms with E-state index in [0.29, 0.717) is 11.1 Å². The van der Waals surface area contributed by atoms with Crippen LogP contribution in [0.25, 0.3) is 5.69 Å². The number of aliphatic carboxylic acids is 1. The van der Waals surface area contributed by atoms with E-state index in [-0.39, 0.29) is 5.75 Å². The summed E-state index contributed by atoms with van der Waals surface area (Å²) in [6, 6.07) is 8.15. The second-order valence-corrected chi connectivity index (χ2v) is 5.74. The summed E-state index contributed by atoms with van der Waals surface area (Å²) in [4.78, 5) is 10.7. The molecule has 0 bridgehead atoms. The highest BCUT2D eigenvalue weighted by Gasteiger charge is 2.13. The van der Waals surface area contributed by atoms with Crippen molar-refractivity contribution in [1.29, 1.82) is 0 Å². The number of carboxylic acids is 1. The molecule has 0 aliphatic rings. The van der Waals surface area contributed by atoms with Gasteiger partial charge in [0.1, 0.15) is 5.82 Å². The summed E-state index contributed by atoms with van der Waals surface area (Å²) >= 11 is 1.17. The first-order chi connectivity index (χ1) is 9.49. The van der Waals surface area contributed by atoms with Gasteiger partial charge in [0.2, 0.25) is 0 Å². The lowest BCUT2D eigenvalue weighted by Crippen LogP contribution is -2.03. The van der Waals surface area contributed by atoms with Crippen LogP contribution in [0.1, 0.15) is 31.2 Å². The van der Waals surface area contributed by atoms with Crippen LogP contribution in [0.3, 0.4) is 0 Å². The van der Waals surface area contributed by atoms with E-state index in [0.717, 1.165) is 11.5 Å². The molecule has 20 heavy (non-hydrogen) atoms. The van der Waals surface area contributed by atoms with Crippen LogP contribution in [0.4, 0.5) is 0 Å². The van der Waals surface area contributed by atoms with Crippen molar-refractivity contribution in [2.45, 2.75) is 31.8 Å². The quantitative estimate of drug-likeness (QED) is 0.858. The van der Waals surface area contributed by atoms with Crippen LogP contribution >= 0.6 is 11.8 Å². The maximum Gasteiger partial charge on any atom is 0.313 e. The van der Waals surface area contributed by atoms with Crippen molar-refractivity contribution in [2.24, 2.45) is 0 Å². The van der Waals surface area contributed by atoms with Gasteiger partial charge in [-0.1, -0.05) is 37.7 Å². The van der Waals surface area contributed by atoms with Gasteiger partial charge in [-0.15, -0.1) is 10.2 Å². The third-order valence-corrected chi connectivity index (χ3v) is 3.83. The van der Waals surface area contributed by atoms with E-state index in [9.17, 15) is 4.79 Å². The summed E-state index contributed by atoms with van der Waals surface area (Å²) in [7, 11) is 0. The van der Waals surface area contributed by atoms with E-state index < -0.39 is 5.97 Å². The van der Waals surface area contributed by atoms with Crippen molar-refractivity contribution in [3.63, 3.8) is 0 Å². The van der Waals surface area contributed by atoms with Crippen molar-refractivity contribution >= 4 is 17.7 Å². The Hall–Kier alpha value is -1.82. The predicted octanol–water partition coefficient (Wildman–Crippen LogP) is 2.88. The lowest BCUT2D eigenvalue weighted by molar-refractivity contribution is -0.133. The van der Waals surface area contributed by atoms with E-state index in [1.807, 2.05) is 23.6 Å². The van der Waals surface area contributed by atoms with Crippen LogP contribution in [0.15, 0.2) is 29.4 Å². The van der Waals surface area contributed by atoms with Gasteiger partial charge in [-0.25, -0.2) is 0 Å². The molecule has 6 heteroatoms. The first kappa shape index (κ1) is 14.6. The Morgan fingerprint density at radius 2 is 2.15 bits per heavy atom. The van der Waals surface area contributed by atoms with Crippen LogP contribution in [-0.4, -0.2) is 31.6 Å². The molecule has 5 nitrogen and oxygen atoms in total. The molecule has 0 unspecified atom stereocenters. The Morgan fingerprint density at radius 1 is 1.40 bits per heavy atom. The minimum atomic E-state index is -0.863. The van der Waals surface area contributed by atoms with Gasteiger partial charge >= 0.3 is 5.97 Å². The van der Waals surface area contributed by atoms with Crippen molar-refractivity contribution < 1.29 is 9.90 Å². The second kappa shape index (κ2) is 6.09. The number of carboxylic acid groups (broad SMARTS) is 1. The zero-order valence-electron chi connectivity index (χ0n) is 11.7. The van der Waals surface area contributed by atoms with Crippen LogP contribution in [0.2, 0.25) is 0 Å². The third kappa shape index (κ3) is 3.19.